The van der Waals surface area contributed by atoms with Crippen LogP contribution in [0.2, 0.25) is 5.02 Å². The number of hydrogen-bond acceptors (Lipinski definition) is 4. The summed E-state index contributed by atoms with van der Waals surface area (Å²) in [5.41, 5.74) is 2.58. The van der Waals surface area contributed by atoms with Crippen molar-refractivity contribution in [2.45, 2.75) is 25.7 Å². The SMILES string of the molecule is CC1=CC(c2ccc(Cl)cc2)[C@](C(=O)[O-])(C(=O)n2nc(-c3ccccc3)cc2-c2ccccc2)CC1. The van der Waals surface area contributed by atoms with Crippen molar-refractivity contribution in [2.24, 2.45) is 5.41 Å². The summed E-state index contributed by atoms with van der Waals surface area (Å²) in [4.78, 5) is 27.3. The van der Waals surface area contributed by atoms with E-state index in [0.717, 1.165) is 16.7 Å². The Bertz CT molecular complexity index is 1440. The van der Waals surface area contributed by atoms with Crippen molar-refractivity contribution >= 4 is 23.5 Å². The highest BCUT2D eigenvalue weighted by molar-refractivity contribution is 6.30. The van der Waals surface area contributed by atoms with Crippen molar-refractivity contribution in [3.63, 3.8) is 0 Å². The van der Waals surface area contributed by atoms with E-state index in [1.165, 1.54) is 4.68 Å². The lowest BCUT2D eigenvalue weighted by Crippen LogP contribution is -2.54. The molecule has 0 radical (unpaired) electrons. The lowest BCUT2D eigenvalue weighted by atomic mass is 9.64. The van der Waals surface area contributed by atoms with Gasteiger partial charge in [0.05, 0.1) is 17.4 Å². The van der Waals surface area contributed by atoms with E-state index >= 15 is 0 Å². The zero-order valence-corrected chi connectivity index (χ0v) is 20.5. The number of benzene rings is 3. The minimum atomic E-state index is -1.84. The van der Waals surface area contributed by atoms with Crippen LogP contribution >= 0.6 is 11.6 Å². The molecule has 2 atom stereocenters. The molecule has 180 valence electrons. The van der Waals surface area contributed by atoms with Gasteiger partial charge in [0.1, 0.15) is 5.41 Å². The Balaban J connectivity index is 1.71. The monoisotopic (exact) mass is 495 g/mol. The van der Waals surface area contributed by atoms with E-state index in [-0.39, 0.29) is 6.42 Å². The number of hydrogen-bond donors (Lipinski definition) is 0. The zero-order valence-electron chi connectivity index (χ0n) is 19.7. The normalized spacial score (nSPS) is 19.5. The third kappa shape index (κ3) is 4.16. The molecule has 1 aliphatic carbocycles. The summed E-state index contributed by atoms with van der Waals surface area (Å²) in [5.74, 6) is -2.76. The number of aromatic nitrogens is 2. The second kappa shape index (κ2) is 9.59. The van der Waals surface area contributed by atoms with Crippen LogP contribution in [0.15, 0.2) is 103 Å². The van der Waals surface area contributed by atoms with Gasteiger partial charge in [0, 0.05) is 22.1 Å². The number of carbonyl (C=O) groups excluding carboxylic acids is 2. The first-order valence-electron chi connectivity index (χ1n) is 11.8. The Morgan fingerprint density at radius 2 is 1.56 bits per heavy atom. The summed E-state index contributed by atoms with van der Waals surface area (Å²) in [6, 6.07) is 27.7. The van der Waals surface area contributed by atoms with Gasteiger partial charge in [-0.1, -0.05) is 96.0 Å². The Kier molecular flexibility index (Phi) is 6.33. The summed E-state index contributed by atoms with van der Waals surface area (Å²) in [5, 5.41) is 18.1. The van der Waals surface area contributed by atoms with Crippen LogP contribution in [0.3, 0.4) is 0 Å². The van der Waals surface area contributed by atoms with E-state index in [1.807, 2.05) is 79.7 Å². The maximum Gasteiger partial charge on any atom is 0.260 e. The first-order chi connectivity index (χ1) is 17.4. The van der Waals surface area contributed by atoms with Crippen LogP contribution in [-0.2, 0) is 4.79 Å². The van der Waals surface area contributed by atoms with E-state index in [0.29, 0.717) is 28.4 Å². The molecule has 0 spiro atoms. The smallest absolute Gasteiger partial charge is 0.260 e. The van der Waals surface area contributed by atoms with Crippen molar-refractivity contribution in [3.8, 4) is 22.5 Å². The van der Waals surface area contributed by atoms with E-state index in [2.05, 4.69) is 5.10 Å². The number of carboxylic acids is 1. The molecule has 6 heteroatoms. The number of nitrogens with zero attached hydrogens (tertiary/aromatic N) is 2. The van der Waals surface area contributed by atoms with Crippen molar-refractivity contribution in [3.05, 3.63) is 113 Å². The largest absolute Gasteiger partial charge is 0.549 e. The number of carbonyl (C=O) groups is 2. The molecule has 5 nitrogen and oxygen atoms in total. The molecule has 1 aromatic heterocycles. The molecular formula is C30H24ClN2O3-. The van der Waals surface area contributed by atoms with Crippen LogP contribution in [-0.4, -0.2) is 21.7 Å². The Morgan fingerprint density at radius 1 is 0.944 bits per heavy atom. The van der Waals surface area contributed by atoms with Gasteiger partial charge in [-0.2, -0.15) is 9.78 Å². The van der Waals surface area contributed by atoms with Gasteiger partial charge in [-0.05, 0) is 43.5 Å². The molecule has 0 saturated carbocycles. The van der Waals surface area contributed by atoms with Gasteiger partial charge < -0.3 is 9.90 Å². The fourth-order valence-electron chi connectivity index (χ4n) is 4.96. The maximum absolute atomic E-state index is 14.4. The topological polar surface area (TPSA) is 75.0 Å². The van der Waals surface area contributed by atoms with Crippen LogP contribution in [0.5, 0.6) is 0 Å². The quantitative estimate of drug-likeness (QED) is 0.260. The highest BCUT2D eigenvalue weighted by Gasteiger charge is 2.50. The van der Waals surface area contributed by atoms with Crippen LogP contribution in [0.25, 0.3) is 22.5 Å². The van der Waals surface area contributed by atoms with Crippen molar-refractivity contribution in [2.75, 3.05) is 0 Å². The Labute approximate surface area is 214 Å². The highest BCUT2D eigenvalue weighted by atomic mass is 35.5. The van der Waals surface area contributed by atoms with Gasteiger partial charge in [0.2, 0.25) is 0 Å². The van der Waals surface area contributed by atoms with E-state index in [4.69, 9.17) is 11.6 Å². The lowest BCUT2D eigenvalue weighted by Gasteiger charge is -2.42. The standard InChI is InChI=1S/C30H25ClN2O3/c1-20-16-17-30(29(35)36,25(18-20)21-12-14-24(31)15-13-21)28(34)33-27(23-10-6-3-7-11-23)19-26(32-33)22-8-4-2-5-9-22/h2-15,18-19,25H,16-17H2,1H3,(H,35,36)/p-1/t25?,30-/m0/s1. The second-order valence-electron chi connectivity index (χ2n) is 9.16. The number of carboxylic acid groups (broad SMARTS) is 1. The maximum atomic E-state index is 14.4. The third-order valence-corrected chi connectivity index (χ3v) is 7.16. The molecule has 4 aromatic rings. The molecule has 0 N–H and O–H groups in total. The predicted octanol–water partition coefficient (Wildman–Crippen LogP) is 5.77. The molecule has 3 aromatic carbocycles. The summed E-state index contributed by atoms with van der Waals surface area (Å²) in [7, 11) is 0. The molecule has 0 amide bonds. The summed E-state index contributed by atoms with van der Waals surface area (Å²) >= 11 is 6.10. The first-order valence-corrected chi connectivity index (χ1v) is 12.2. The predicted molar refractivity (Wildman–Crippen MR) is 138 cm³/mol. The molecule has 36 heavy (non-hydrogen) atoms. The molecule has 0 bridgehead atoms. The zero-order chi connectivity index (χ0) is 25.3. The third-order valence-electron chi connectivity index (χ3n) is 6.91. The fourth-order valence-corrected chi connectivity index (χ4v) is 5.08. The van der Waals surface area contributed by atoms with Gasteiger partial charge in [-0.15, -0.1) is 0 Å². The Morgan fingerprint density at radius 3 is 2.17 bits per heavy atom. The number of allylic oxidation sites excluding steroid dienone is 2. The number of aliphatic carboxylic acids is 1. The van der Waals surface area contributed by atoms with Gasteiger partial charge in [0.25, 0.3) is 5.91 Å². The molecule has 1 heterocycles. The van der Waals surface area contributed by atoms with E-state index < -0.39 is 23.2 Å². The van der Waals surface area contributed by atoms with Crippen LogP contribution < -0.4 is 5.11 Å². The van der Waals surface area contributed by atoms with Crippen molar-refractivity contribution in [1.82, 2.24) is 9.78 Å². The fraction of sp³-hybridized carbons (Fsp3) is 0.167. The van der Waals surface area contributed by atoms with E-state index in [1.54, 1.807) is 24.3 Å². The van der Waals surface area contributed by atoms with Crippen LogP contribution in [0.1, 0.15) is 36.0 Å². The van der Waals surface area contributed by atoms with Gasteiger partial charge >= 0.3 is 0 Å². The highest BCUT2D eigenvalue weighted by Crippen LogP contribution is 2.48. The van der Waals surface area contributed by atoms with Gasteiger partial charge in [0.15, 0.2) is 0 Å². The molecule has 0 fully saturated rings. The minimum Gasteiger partial charge on any atom is -0.549 e. The molecular weight excluding hydrogens is 472 g/mol. The molecule has 0 saturated heterocycles. The lowest BCUT2D eigenvalue weighted by molar-refractivity contribution is -0.317. The molecule has 5 rings (SSSR count). The molecule has 1 unspecified atom stereocenters. The molecule has 1 aliphatic rings. The molecule has 0 aliphatic heterocycles. The van der Waals surface area contributed by atoms with E-state index in [9.17, 15) is 14.7 Å². The average molecular weight is 496 g/mol. The van der Waals surface area contributed by atoms with Crippen molar-refractivity contribution in [1.29, 1.82) is 0 Å². The van der Waals surface area contributed by atoms with Crippen LogP contribution in [0.4, 0.5) is 0 Å². The Hall–Kier alpha value is -3.96. The second-order valence-corrected chi connectivity index (χ2v) is 9.60. The average Bonchev–Trinajstić information content (AvgIpc) is 3.35. The van der Waals surface area contributed by atoms with Crippen molar-refractivity contribution < 1.29 is 14.7 Å². The first kappa shape index (κ1) is 23.8. The summed E-state index contributed by atoms with van der Waals surface area (Å²) in [6.07, 6.45) is 2.44. The minimum absolute atomic E-state index is 0.110. The van der Waals surface area contributed by atoms with Crippen LogP contribution in [0, 0.1) is 5.41 Å². The number of halogens is 1. The van der Waals surface area contributed by atoms with Gasteiger partial charge in [-0.3, -0.25) is 4.79 Å². The summed E-state index contributed by atoms with van der Waals surface area (Å²) < 4.78 is 1.25. The number of rotatable bonds is 5. The van der Waals surface area contributed by atoms with Gasteiger partial charge in [-0.25, -0.2) is 0 Å². The summed E-state index contributed by atoms with van der Waals surface area (Å²) in [6.45, 7) is 1.95.